The smallest absolute Gasteiger partial charge is 0.0723 e. The first kappa shape index (κ1) is 8.52. The fourth-order valence-electron chi connectivity index (χ4n) is 2.37. The quantitative estimate of drug-likeness (QED) is 0.648. The summed E-state index contributed by atoms with van der Waals surface area (Å²) < 4.78 is 5.77. The summed E-state index contributed by atoms with van der Waals surface area (Å²) in [5.41, 5.74) is 6.38. The molecule has 2 rings (SSSR count). The van der Waals surface area contributed by atoms with Crippen LogP contribution in [0.3, 0.4) is 0 Å². The van der Waals surface area contributed by atoms with Crippen LogP contribution in [0.4, 0.5) is 0 Å². The predicted octanol–water partition coefficient (Wildman–Crippen LogP) is 1.68. The van der Waals surface area contributed by atoms with Gasteiger partial charge in [-0.05, 0) is 38.0 Å². The lowest BCUT2D eigenvalue weighted by Gasteiger charge is -2.47. The predicted molar refractivity (Wildman–Crippen MR) is 48.9 cm³/mol. The molecule has 0 radical (unpaired) electrons. The minimum absolute atomic E-state index is 0.211. The molecule has 0 aromatic rings. The summed E-state index contributed by atoms with van der Waals surface area (Å²) in [6, 6.07) is 0.211. The zero-order chi connectivity index (χ0) is 8.60. The van der Waals surface area contributed by atoms with Crippen LogP contribution in [0.25, 0.3) is 0 Å². The molecular formula is C10H19NO. The van der Waals surface area contributed by atoms with E-state index < -0.39 is 0 Å². The minimum atomic E-state index is 0.211. The van der Waals surface area contributed by atoms with Gasteiger partial charge in [-0.1, -0.05) is 6.42 Å². The van der Waals surface area contributed by atoms with E-state index >= 15 is 0 Å². The summed E-state index contributed by atoms with van der Waals surface area (Å²) in [5.74, 6) is 0. The minimum Gasteiger partial charge on any atom is -0.376 e. The van der Waals surface area contributed by atoms with Crippen LogP contribution in [0.2, 0.25) is 0 Å². The SMILES string of the molecule is C[C@@H](N)C1CCC2(CCC2)CO1. The molecule has 0 aromatic heterocycles. The lowest BCUT2D eigenvalue weighted by molar-refractivity contribution is -0.102. The van der Waals surface area contributed by atoms with E-state index in [9.17, 15) is 0 Å². The molecule has 0 amide bonds. The second-order valence-corrected chi connectivity index (χ2v) is 4.60. The van der Waals surface area contributed by atoms with Gasteiger partial charge in [0, 0.05) is 6.04 Å². The van der Waals surface area contributed by atoms with E-state index in [1.807, 2.05) is 6.92 Å². The van der Waals surface area contributed by atoms with Gasteiger partial charge in [-0.2, -0.15) is 0 Å². The molecule has 1 heterocycles. The Balaban J connectivity index is 1.84. The van der Waals surface area contributed by atoms with Crippen LogP contribution >= 0.6 is 0 Å². The van der Waals surface area contributed by atoms with Gasteiger partial charge in [-0.3, -0.25) is 0 Å². The molecule has 1 aliphatic carbocycles. The molecule has 1 aliphatic heterocycles. The topological polar surface area (TPSA) is 35.2 Å². The van der Waals surface area contributed by atoms with Crippen molar-refractivity contribution in [2.45, 2.75) is 51.2 Å². The summed E-state index contributed by atoms with van der Waals surface area (Å²) in [6.07, 6.45) is 7.04. The Kier molecular flexibility index (Phi) is 2.13. The van der Waals surface area contributed by atoms with Crippen molar-refractivity contribution in [2.24, 2.45) is 11.1 Å². The average molecular weight is 169 g/mol. The van der Waals surface area contributed by atoms with E-state index in [2.05, 4.69) is 0 Å². The lowest BCUT2D eigenvalue weighted by atomic mass is 9.65. The number of rotatable bonds is 1. The number of hydrogen-bond donors (Lipinski definition) is 1. The lowest BCUT2D eigenvalue weighted by Crippen LogP contribution is -2.46. The highest BCUT2D eigenvalue weighted by Crippen LogP contribution is 2.47. The molecule has 1 saturated heterocycles. The Labute approximate surface area is 74.5 Å². The molecule has 0 bridgehead atoms. The van der Waals surface area contributed by atoms with Crippen LogP contribution in [0.15, 0.2) is 0 Å². The summed E-state index contributed by atoms with van der Waals surface area (Å²) in [5, 5.41) is 0. The Morgan fingerprint density at radius 3 is 2.50 bits per heavy atom. The maximum atomic E-state index is 5.79. The molecule has 12 heavy (non-hydrogen) atoms. The molecule has 2 heteroatoms. The van der Waals surface area contributed by atoms with E-state index in [-0.39, 0.29) is 6.04 Å². The molecule has 2 nitrogen and oxygen atoms in total. The molecule has 0 aromatic carbocycles. The first-order chi connectivity index (χ1) is 5.72. The van der Waals surface area contributed by atoms with E-state index in [4.69, 9.17) is 10.5 Å². The van der Waals surface area contributed by atoms with Crippen molar-refractivity contribution in [2.75, 3.05) is 6.61 Å². The third-order valence-corrected chi connectivity index (χ3v) is 3.56. The average Bonchev–Trinajstić information content (AvgIpc) is 2.02. The molecule has 2 atom stereocenters. The van der Waals surface area contributed by atoms with E-state index in [0.717, 1.165) is 6.61 Å². The van der Waals surface area contributed by atoms with Crippen molar-refractivity contribution in [3.63, 3.8) is 0 Å². The van der Waals surface area contributed by atoms with Crippen LogP contribution in [-0.2, 0) is 4.74 Å². The van der Waals surface area contributed by atoms with Crippen molar-refractivity contribution in [1.29, 1.82) is 0 Å². The highest BCUT2D eigenvalue weighted by Gasteiger charge is 2.41. The molecule has 1 spiro atoms. The molecule has 2 aliphatic rings. The van der Waals surface area contributed by atoms with Crippen LogP contribution < -0.4 is 5.73 Å². The zero-order valence-corrected chi connectivity index (χ0v) is 7.88. The van der Waals surface area contributed by atoms with Gasteiger partial charge < -0.3 is 10.5 Å². The van der Waals surface area contributed by atoms with Crippen molar-refractivity contribution in [1.82, 2.24) is 0 Å². The molecular weight excluding hydrogens is 150 g/mol. The molecule has 1 saturated carbocycles. The fourth-order valence-corrected chi connectivity index (χ4v) is 2.37. The molecule has 1 unspecified atom stereocenters. The normalized spacial score (nSPS) is 36.0. The van der Waals surface area contributed by atoms with Crippen molar-refractivity contribution in [3.05, 3.63) is 0 Å². The standard InChI is InChI=1S/C10H19NO/c1-8(11)9-3-6-10(7-12-9)4-2-5-10/h8-9H,2-7,11H2,1H3/t8-,9?/m1/s1. The second kappa shape index (κ2) is 3.00. The van der Waals surface area contributed by atoms with Crippen LogP contribution in [0, 0.1) is 5.41 Å². The van der Waals surface area contributed by atoms with Crippen LogP contribution in [0.1, 0.15) is 39.0 Å². The monoisotopic (exact) mass is 169 g/mol. The molecule has 2 N–H and O–H groups in total. The second-order valence-electron chi connectivity index (χ2n) is 4.60. The summed E-state index contributed by atoms with van der Waals surface area (Å²) >= 11 is 0. The Hall–Kier alpha value is -0.0800. The fraction of sp³-hybridized carbons (Fsp3) is 1.00. The highest BCUT2D eigenvalue weighted by molar-refractivity contribution is 4.92. The van der Waals surface area contributed by atoms with Crippen molar-refractivity contribution < 1.29 is 4.74 Å². The first-order valence-corrected chi connectivity index (χ1v) is 5.09. The van der Waals surface area contributed by atoms with Crippen LogP contribution in [0.5, 0.6) is 0 Å². The largest absolute Gasteiger partial charge is 0.376 e. The van der Waals surface area contributed by atoms with Gasteiger partial charge in [0.05, 0.1) is 12.7 Å². The number of nitrogens with two attached hydrogens (primary N) is 1. The van der Waals surface area contributed by atoms with Gasteiger partial charge in [0.25, 0.3) is 0 Å². The number of hydrogen-bond acceptors (Lipinski definition) is 2. The first-order valence-electron chi connectivity index (χ1n) is 5.09. The van der Waals surface area contributed by atoms with Gasteiger partial charge in [0.2, 0.25) is 0 Å². The Morgan fingerprint density at radius 1 is 1.42 bits per heavy atom. The summed E-state index contributed by atoms with van der Waals surface area (Å²) in [7, 11) is 0. The van der Waals surface area contributed by atoms with Gasteiger partial charge in [0.1, 0.15) is 0 Å². The van der Waals surface area contributed by atoms with Gasteiger partial charge >= 0.3 is 0 Å². The molecule has 70 valence electrons. The van der Waals surface area contributed by atoms with E-state index in [0.29, 0.717) is 11.5 Å². The van der Waals surface area contributed by atoms with Gasteiger partial charge in [-0.15, -0.1) is 0 Å². The number of ether oxygens (including phenoxy) is 1. The summed E-state index contributed by atoms with van der Waals surface area (Å²) in [6.45, 7) is 3.02. The Morgan fingerprint density at radius 2 is 2.17 bits per heavy atom. The summed E-state index contributed by atoms with van der Waals surface area (Å²) in [4.78, 5) is 0. The van der Waals surface area contributed by atoms with Gasteiger partial charge in [-0.25, -0.2) is 0 Å². The maximum absolute atomic E-state index is 5.79. The molecule has 2 fully saturated rings. The van der Waals surface area contributed by atoms with E-state index in [1.54, 1.807) is 0 Å². The zero-order valence-electron chi connectivity index (χ0n) is 7.88. The van der Waals surface area contributed by atoms with Crippen molar-refractivity contribution in [3.8, 4) is 0 Å². The van der Waals surface area contributed by atoms with Gasteiger partial charge in [0.15, 0.2) is 0 Å². The van der Waals surface area contributed by atoms with E-state index in [1.165, 1.54) is 32.1 Å². The third kappa shape index (κ3) is 1.38. The highest BCUT2D eigenvalue weighted by atomic mass is 16.5. The third-order valence-electron chi connectivity index (χ3n) is 3.56. The Bertz CT molecular complexity index is 153. The maximum Gasteiger partial charge on any atom is 0.0723 e. The van der Waals surface area contributed by atoms with Crippen molar-refractivity contribution >= 4 is 0 Å². The van der Waals surface area contributed by atoms with Crippen LogP contribution in [-0.4, -0.2) is 18.8 Å².